The first-order chi connectivity index (χ1) is 10.1. The van der Waals surface area contributed by atoms with E-state index in [1.807, 2.05) is 30.3 Å². The molecule has 1 aromatic rings. The molecule has 4 nitrogen and oxygen atoms in total. The van der Waals surface area contributed by atoms with Gasteiger partial charge in [-0.2, -0.15) is 0 Å². The van der Waals surface area contributed by atoms with Crippen LogP contribution in [0.1, 0.15) is 31.2 Å². The summed E-state index contributed by atoms with van der Waals surface area (Å²) in [7, 11) is -1.43. The van der Waals surface area contributed by atoms with E-state index in [-0.39, 0.29) is 5.75 Å². The van der Waals surface area contributed by atoms with Crippen molar-refractivity contribution in [2.75, 3.05) is 25.9 Å². The van der Waals surface area contributed by atoms with Gasteiger partial charge in [-0.25, -0.2) is 12.7 Å². The number of sulfonamides is 1. The predicted molar refractivity (Wildman–Crippen MR) is 86.8 cm³/mol. The van der Waals surface area contributed by atoms with Gasteiger partial charge in [0.1, 0.15) is 0 Å². The first-order valence-electron chi connectivity index (χ1n) is 7.79. The number of hydrogen-bond acceptors (Lipinski definition) is 3. The fourth-order valence-corrected chi connectivity index (χ4v) is 3.48. The molecule has 0 amide bonds. The fourth-order valence-electron chi connectivity index (χ4n) is 2.23. The molecule has 21 heavy (non-hydrogen) atoms. The zero-order valence-corrected chi connectivity index (χ0v) is 13.6. The number of likely N-dealkylation sites (N-methyl/N-ethyl adjacent to an activating group) is 1. The zero-order valence-electron chi connectivity index (χ0n) is 12.8. The topological polar surface area (TPSA) is 49.4 Å². The molecule has 1 saturated carbocycles. The van der Waals surface area contributed by atoms with Crippen molar-refractivity contribution in [1.29, 1.82) is 0 Å². The SMILES string of the molecule is CN(CCc1ccccc1)S(=O)(=O)CCCCNC1CC1. The van der Waals surface area contributed by atoms with Crippen LogP contribution in [0.3, 0.4) is 0 Å². The highest BCUT2D eigenvalue weighted by molar-refractivity contribution is 7.89. The summed E-state index contributed by atoms with van der Waals surface area (Å²) in [6.45, 7) is 1.49. The van der Waals surface area contributed by atoms with Crippen LogP contribution >= 0.6 is 0 Å². The lowest BCUT2D eigenvalue weighted by molar-refractivity contribution is 0.470. The summed E-state index contributed by atoms with van der Waals surface area (Å²) in [5.74, 6) is 0.255. The van der Waals surface area contributed by atoms with Crippen molar-refractivity contribution in [3.63, 3.8) is 0 Å². The van der Waals surface area contributed by atoms with E-state index in [0.29, 0.717) is 12.6 Å². The van der Waals surface area contributed by atoms with Gasteiger partial charge in [0.25, 0.3) is 0 Å². The first-order valence-corrected chi connectivity index (χ1v) is 9.40. The Hall–Kier alpha value is -0.910. The van der Waals surface area contributed by atoms with Gasteiger partial charge in [0.05, 0.1) is 5.75 Å². The highest BCUT2D eigenvalue weighted by Crippen LogP contribution is 2.18. The van der Waals surface area contributed by atoms with Gasteiger partial charge in [-0.3, -0.25) is 0 Å². The molecule has 0 saturated heterocycles. The largest absolute Gasteiger partial charge is 0.314 e. The van der Waals surface area contributed by atoms with Crippen molar-refractivity contribution < 1.29 is 8.42 Å². The molecule has 1 N–H and O–H groups in total. The molecule has 0 atom stereocenters. The number of nitrogens with one attached hydrogen (secondary N) is 1. The molecule has 118 valence electrons. The quantitative estimate of drug-likeness (QED) is 0.673. The van der Waals surface area contributed by atoms with E-state index in [0.717, 1.165) is 25.8 Å². The predicted octanol–water partition coefficient (Wildman–Crippen LogP) is 2.02. The van der Waals surface area contributed by atoms with Gasteiger partial charge < -0.3 is 5.32 Å². The maximum atomic E-state index is 12.2. The Morgan fingerprint density at radius 1 is 1.19 bits per heavy atom. The third kappa shape index (κ3) is 6.16. The molecule has 0 aliphatic heterocycles. The lowest BCUT2D eigenvalue weighted by Gasteiger charge is -2.17. The molecule has 0 aromatic heterocycles. The second-order valence-corrected chi connectivity index (χ2v) is 8.00. The van der Waals surface area contributed by atoms with Crippen molar-refractivity contribution in [3.05, 3.63) is 35.9 Å². The summed E-state index contributed by atoms with van der Waals surface area (Å²) in [6, 6.07) is 10.7. The summed E-state index contributed by atoms with van der Waals surface area (Å²) in [5, 5.41) is 3.41. The van der Waals surface area contributed by atoms with Gasteiger partial charge in [0.2, 0.25) is 10.0 Å². The van der Waals surface area contributed by atoms with Gasteiger partial charge in [-0.05, 0) is 44.2 Å². The summed E-state index contributed by atoms with van der Waals surface area (Å²) < 4.78 is 25.8. The molecule has 0 radical (unpaired) electrons. The van der Waals surface area contributed by atoms with E-state index in [4.69, 9.17) is 0 Å². The molecule has 1 aliphatic carbocycles. The van der Waals surface area contributed by atoms with Crippen molar-refractivity contribution in [2.45, 2.75) is 38.1 Å². The highest BCUT2D eigenvalue weighted by Gasteiger charge is 2.20. The van der Waals surface area contributed by atoms with Gasteiger partial charge >= 0.3 is 0 Å². The standard InChI is InChI=1S/C16H26N2O2S/c1-18(13-11-15-7-3-2-4-8-15)21(19,20)14-6-5-12-17-16-9-10-16/h2-4,7-8,16-17H,5-6,9-14H2,1H3. The average molecular weight is 310 g/mol. The second-order valence-electron chi connectivity index (χ2n) is 5.81. The lowest BCUT2D eigenvalue weighted by atomic mass is 10.2. The van der Waals surface area contributed by atoms with Gasteiger partial charge in [-0.15, -0.1) is 0 Å². The molecule has 0 bridgehead atoms. The second kappa shape index (κ2) is 7.92. The van der Waals surface area contributed by atoms with Crippen LogP contribution in [0.4, 0.5) is 0 Å². The summed E-state index contributed by atoms with van der Waals surface area (Å²) in [5.41, 5.74) is 1.17. The van der Waals surface area contributed by atoms with Crippen LogP contribution in [0.2, 0.25) is 0 Å². The third-order valence-corrected chi connectivity index (χ3v) is 5.81. The van der Waals surface area contributed by atoms with E-state index in [1.165, 1.54) is 22.7 Å². The normalized spacial score (nSPS) is 15.5. The zero-order chi connectivity index (χ0) is 15.1. The monoisotopic (exact) mass is 310 g/mol. The van der Waals surface area contributed by atoms with Crippen LogP contribution < -0.4 is 5.32 Å². The minimum Gasteiger partial charge on any atom is -0.314 e. The minimum absolute atomic E-state index is 0.255. The van der Waals surface area contributed by atoms with Crippen LogP contribution in [-0.2, 0) is 16.4 Å². The molecule has 0 spiro atoms. The summed E-state index contributed by atoms with van der Waals surface area (Å²) in [6.07, 6.45) is 4.99. The molecule has 5 heteroatoms. The van der Waals surface area contributed by atoms with E-state index < -0.39 is 10.0 Å². The van der Waals surface area contributed by atoms with E-state index in [1.54, 1.807) is 7.05 Å². The lowest BCUT2D eigenvalue weighted by Crippen LogP contribution is -2.31. The van der Waals surface area contributed by atoms with Gasteiger partial charge in [0.15, 0.2) is 0 Å². The Bertz CT molecular complexity index is 512. The molecule has 1 fully saturated rings. The van der Waals surface area contributed by atoms with Crippen LogP contribution in [0, 0.1) is 0 Å². The van der Waals surface area contributed by atoms with Gasteiger partial charge in [-0.1, -0.05) is 30.3 Å². The van der Waals surface area contributed by atoms with E-state index in [9.17, 15) is 8.42 Å². The Morgan fingerprint density at radius 3 is 2.57 bits per heavy atom. The van der Waals surface area contributed by atoms with Crippen molar-refractivity contribution in [2.24, 2.45) is 0 Å². The minimum atomic E-state index is -3.11. The summed E-state index contributed by atoms with van der Waals surface area (Å²) >= 11 is 0. The molecule has 1 aromatic carbocycles. The smallest absolute Gasteiger partial charge is 0.213 e. The van der Waals surface area contributed by atoms with E-state index >= 15 is 0 Å². The fraction of sp³-hybridized carbons (Fsp3) is 0.625. The third-order valence-electron chi connectivity index (χ3n) is 3.87. The first kappa shape index (κ1) is 16.5. The maximum Gasteiger partial charge on any atom is 0.213 e. The van der Waals surface area contributed by atoms with Crippen molar-refractivity contribution >= 4 is 10.0 Å². The highest BCUT2D eigenvalue weighted by atomic mass is 32.2. The van der Waals surface area contributed by atoms with Crippen LogP contribution in [-0.4, -0.2) is 44.7 Å². The Labute approximate surface area is 128 Å². The van der Waals surface area contributed by atoms with Crippen molar-refractivity contribution in [1.82, 2.24) is 9.62 Å². The number of benzene rings is 1. The van der Waals surface area contributed by atoms with Crippen molar-refractivity contribution in [3.8, 4) is 0 Å². The molecular formula is C16H26N2O2S. The summed E-state index contributed by atoms with van der Waals surface area (Å²) in [4.78, 5) is 0. The molecule has 0 unspecified atom stereocenters. The Balaban J connectivity index is 1.65. The van der Waals surface area contributed by atoms with Gasteiger partial charge in [0, 0.05) is 19.6 Å². The van der Waals surface area contributed by atoms with Crippen LogP contribution in [0.5, 0.6) is 0 Å². The number of rotatable bonds is 10. The Kier molecular flexibility index (Phi) is 6.21. The molecule has 2 rings (SSSR count). The Morgan fingerprint density at radius 2 is 1.90 bits per heavy atom. The number of hydrogen-bond donors (Lipinski definition) is 1. The van der Waals surface area contributed by atoms with Crippen LogP contribution in [0.25, 0.3) is 0 Å². The number of nitrogens with zero attached hydrogens (tertiary/aromatic N) is 1. The average Bonchev–Trinajstić information content (AvgIpc) is 3.29. The molecular weight excluding hydrogens is 284 g/mol. The maximum absolute atomic E-state index is 12.2. The van der Waals surface area contributed by atoms with E-state index in [2.05, 4.69) is 5.32 Å². The molecule has 1 aliphatic rings. The molecule has 0 heterocycles. The number of unbranched alkanes of at least 4 members (excludes halogenated alkanes) is 1. The van der Waals surface area contributed by atoms with Crippen LogP contribution in [0.15, 0.2) is 30.3 Å².